The predicted molar refractivity (Wildman–Crippen MR) is 87.7 cm³/mol. The Hall–Kier alpha value is -1.13. The SMILES string of the molecule is CCN(CC1CCCO1)c1ccc(CNC(C)(C)C)cn1. The van der Waals surface area contributed by atoms with Crippen LogP contribution in [-0.4, -0.2) is 36.3 Å². The topological polar surface area (TPSA) is 37.4 Å². The minimum Gasteiger partial charge on any atom is -0.376 e. The van der Waals surface area contributed by atoms with Crippen LogP contribution in [0.25, 0.3) is 0 Å². The van der Waals surface area contributed by atoms with Crippen LogP contribution in [0.5, 0.6) is 0 Å². The maximum atomic E-state index is 5.73. The van der Waals surface area contributed by atoms with Crippen molar-refractivity contribution in [1.29, 1.82) is 0 Å². The van der Waals surface area contributed by atoms with Crippen LogP contribution < -0.4 is 10.2 Å². The van der Waals surface area contributed by atoms with E-state index in [9.17, 15) is 0 Å². The van der Waals surface area contributed by atoms with Gasteiger partial charge in [-0.2, -0.15) is 0 Å². The van der Waals surface area contributed by atoms with Crippen molar-refractivity contribution in [2.24, 2.45) is 0 Å². The molecule has 0 saturated carbocycles. The summed E-state index contributed by atoms with van der Waals surface area (Å²) >= 11 is 0. The van der Waals surface area contributed by atoms with Gasteiger partial charge in [0.15, 0.2) is 0 Å². The van der Waals surface area contributed by atoms with E-state index in [0.717, 1.165) is 32.1 Å². The highest BCUT2D eigenvalue weighted by atomic mass is 16.5. The molecule has 2 heterocycles. The third kappa shape index (κ3) is 5.29. The van der Waals surface area contributed by atoms with Gasteiger partial charge in [-0.1, -0.05) is 6.07 Å². The smallest absolute Gasteiger partial charge is 0.128 e. The average Bonchev–Trinajstić information content (AvgIpc) is 2.95. The van der Waals surface area contributed by atoms with Gasteiger partial charge in [0.2, 0.25) is 0 Å². The van der Waals surface area contributed by atoms with Crippen LogP contribution >= 0.6 is 0 Å². The van der Waals surface area contributed by atoms with Crippen LogP contribution in [0.2, 0.25) is 0 Å². The Balaban J connectivity index is 1.92. The number of rotatable bonds is 6. The number of aromatic nitrogens is 1. The molecule has 0 bridgehead atoms. The summed E-state index contributed by atoms with van der Waals surface area (Å²) in [4.78, 5) is 6.93. The zero-order valence-electron chi connectivity index (χ0n) is 13.9. The third-order valence-electron chi connectivity index (χ3n) is 3.79. The zero-order chi connectivity index (χ0) is 15.3. The van der Waals surface area contributed by atoms with Gasteiger partial charge in [0, 0.05) is 38.0 Å². The fourth-order valence-electron chi connectivity index (χ4n) is 2.49. The molecule has 0 amide bonds. The standard InChI is InChI=1S/C17H29N3O/c1-5-20(13-15-7-6-10-21-15)16-9-8-14(11-18-16)12-19-17(2,3)4/h8-9,11,15,19H,5-7,10,12-13H2,1-4H3. The zero-order valence-corrected chi connectivity index (χ0v) is 13.9. The van der Waals surface area contributed by atoms with Crippen LogP contribution in [0.15, 0.2) is 18.3 Å². The maximum Gasteiger partial charge on any atom is 0.128 e. The summed E-state index contributed by atoms with van der Waals surface area (Å²) in [5.41, 5.74) is 1.36. The second-order valence-electron chi connectivity index (χ2n) is 6.80. The monoisotopic (exact) mass is 291 g/mol. The average molecular weight is 291 g/mol. The van der Waals surface area contributed by atoms with E-state index in [0.29, 0.717) is 6.10 Å². The van der Waals surface area contributed by atoms with E-state index in [1.54, 1.807) is 0 Å². The van der Waals surface area contributed by atoms with Crippen LogP contribution in [0, 0.1) is 0 Å². The highest BCUT2D eigenvalue weighted by Crippen LogP contribution is 2.18. The molecule has 0 radical (unpaired) electrons. The number of likely N-dealkylation sites (N-methyl/N-ethyl adjacent to an activating group) is 1. The van der Waals surface area contributed by atoms with Gasteiger partial charge in [-0.3, -0.25) is 0 Å². The Morgan fingerprint density at radius 1 is 1.38 bits per heavy atom. The number of hydrogen-bond donors (Lipinski definition) is 1. The molecule has 1 atom stereocenters. The van der Waals surface area contributed by atoms with E-state index in [2.05, 4.69) is 55.0 Å². The summed E-state index contributed by atoms with van der Waals surface area (Å²) in [7, 11) is 0. The van der Waals surface area contributed by atoms with Gasteiger partial charge >= 0.3 is 0 Å². The molecule has 1 saturated heterocycles. The largest absolute Gasteiger partial charge is 0.376 e. The minimum absolute atomic E-state index is 0.133. The summed E-state index contributed by atoms with van der Waals surface area (Å²) in [6, 6.07) is 4.29. The van der Waals surface area contributed by atoms with Crippen molar-refractivity contribution in [1.82, 2.24) is 10.3 Å². The van der Waals surface area contributed by atoms with Crippen LogP contribution in [0.1, 0.15) is 46.1 Å². The fraction of sp³-hybridized carbons (Fsp3) is 0.706. The highest BCUT2D eigenvalue weighted by Gasteiger charge is 2.19. The third-order valence-corrected chi connectivity index (χ3v) is 3.79. The molecular formula is C17H29N3O. The van der Waals surface area contributed by atoms with Gasteiger partial charge in [0.05, 0.1) is 6.10 Å². The van der Waals surface area contributed by atoms with Crippen molar-refractivity contribution >= 4 is 5.82 Å². The van der Waals surface area contributed by atoms with E-state index in [4.69, 9.17) is 4.74 Å². The minimum atomic E-state index is 0.133. The first-order chi connectivity index (χ1) is 9.98. The normalized spacial score (nSPS) is 19.0. The van der Waals surface area contributed by atoms with Gasteiger partial charge in [-0.15, -0.1) is 0 Å². The van der Waals surface area contributed by atoms with Crippen LogP contribution in [0.4, 0.5) is 5.82 Å². The first-order valence-electron chi connectivity index (χ1n) is 8.04. The fourth-order valence-corrected chi connectivity index (χ4v) is 2.49. The van der Waals surface area contributed by atoms with Gasteiger partial charge < -0.3 is 15.0 Å². The van der Waals surface area contributed by atoms with Crippen molar-refractivity contribution in [2.75, 3.05) is 24.6 Å². The van der Waals surface area contributed by atoms with Gasteiger partial charge in [-0.05, 0) is 52.2 Å². The molecule has 4 heteroatoms. The molecule has 1 aliphatic rings. The highest BCUT2D eigenvalue weighted by molar-refractivity contribution is 5.39. The Bertz CT molecular complexity index is 419. The number of hydrogen-bond acceptors (Lipinski definition) is 4. The number of nitrogens with one attached hydrogen (secondary N) is 1. The molecule has 2 rings (SSSR count). The van der Waals surface area contributed by atoms with Crippen molar-refractivity contribution < 1.29 is 4.74 Å². The van der Waals surface area contributed by atoms with E-state index in [1.165, 1.54) is 18.4 Å². The second-order valence-corrected chi connectivity index (χ2v) is 6.80. The first kappa shape index (κ1) is 16.2. The van der Waals surface area contributed by atoms with E-state index >= 15 is 0 Å². The molecule has 1 unspecified atom stereocenters. The van der Waals surface area contributed by atoms with Crippen molar-refractivity contribution in [3.05, 3.63) is 23.9 Å². The van der Waals surface area contributed by atoms with E-state index in [1.807, 2.05) is 6.20 Å². The molecule has 118 valence electrons. The summed E-state index contributed by atoms with van der Waals surface area (Å²) in [5, 5.41) is 3.49. The lowest BCUT2D eigenvalue weighted by Gasteiger charge is -2.25. The molecule has 1 aromatic heterocycles. The van der Waals surface area contributed by atoms with Gasteiger partial charge in [0.1, 0.15) is 5.82 Å². The first-order valence-corrected chi connectivity index (χ1v) is 8.04. The summed E-state index contributed by atoms with van der Waals surface area (Å²) < 4.78 is 5.73. The van der Waals surface area contributed by atoms with Crippen LogP contribution in [-0.2, 0) is 11.3 Å². The lowest BCUT2D eigenvalue weighted by Crippen LogP contribution is -2.35. The van der Waals surface area contributed by atoms with Crippen LogP contribution in [0.3, 0.4) is 0 Å². The van der Waals surface area contributed by atoms with Crippen molar-refractivity contribution in [3.63, 3.8) is 0 Å². The molecule has 4 nitrogen and oxygen atoms in total. The summed E-state index contributed by atoms with van der Waals surface area (Å²) in [6.07, 6.45) is 4.71. The van der Waals surface area contributed by atoms with Crippen molar-refractivity contribution in [2.45, 2.75) is 58.7 Å². The maximum absolute atomic E-state index is 5.73. The molecule has 21 heavy (non-hydrogen) atoms. The molecule has 0 spiro atoms. The number of ether oxygens (including phenoxy) is 1. The molecule has 1 aromatic rings. The molecule has 1 fully saturated rings. The van der Waals surface area contributed by atoms with Gasteiger partial charge in [0.25, 0.3) is 0 Å². The molecular weight excluding hydrogens is 262 g/mol. The number of nitrogens with zero attached hydrogens (tertiary/aromatic N) is 2. The Morgan fingerprint density at radius 3 is 2.71 bits per heavy atom. The quantitative estimate of drug-likeness (QED) is 0.874. The molecule has 1 aliphatic heterocycles. The second kappa shape index (κ2) is 7.23. The summed E-state index contributed by atoms with van der Waals surface area (Å²) in [5.74, 6) is 1.05. The Morgan fingerprint density at radius 2 is 2.19 bits per heavy atom. The lowest BCUT2D eigenvalue weighted by molar-refractivity contribution is 0.115. The molecule has 0 aromatic carbocycles. The summed E-state index contributed by atoms with van der Waals surface area (Å²) in [6.45, 7) is 12.4. The predicted octanol–water partition coefficient (Wildman–Crippen LogP) is 2.98. The molecule has 0 aliphatic carbocycles. The van der Waals surface area contributed by atoms with Crippen molar-refractivity contribution in [3.8, 4) is 0 Å². The number of anilines is 1. The Kier molecular flexibility index (Phi) is 5.59. The number of pyridine rings is 1. The van der Waals surface area contributed by atoms with E-state index in [-0.39, 0.29) is 5.54 Å². The van der Waals surface area contributed by atoms with Gasteiger partial charge in [-0.25, -0.2) is 4.98 Å². The Labute approximate surface area is 128 Å². The van der Waals surface area contributed by atoms with E-state index < -0.39 is 0 Å². The molecule has 1 N–H and O–H groups in total. The lowest BCUT2D eigenvalue weighted by atomic mass is 10.1.